The Labute approximate surface area is 150 Å². The van der Waals surface area contributed by atoms with Gasteiger partial charge >= 0.3 is 0 Å². The van der Waals surface area contributed by atoms with Crippen LogP contribution >= 0.6 is 11.3 Å². The van der Waals surface area contributed by atoms with E-state index in [1.54, 1.807) is 35.2 Å². The fraction of sp³-hybridized carbons (Fsp3) is 0.500. The zero-order valence-electron chi connectivity index (χ0n) is 14.3. The summed E-state index contributed by atoms with van der Waals surface area (Å²) in [5, 5.41) is 15.3. The first kappa shape index (κ1) is 17.8. The molecule has 1 amide bonds. The van der Waals surface area contributed by atoms with E-state index in [4.69, 9.17) is 0 Å². The van der Waals surface area contributed by atoms with Crippen molar-refractivity contribution in [1.29, 1.82) is 0 Å². The highest BCUT2D eigenvalue weighted by molar-refractivity contribution is 7.09. The first-order chi connectivity index (χ1) is 12.1. The van der Waals surface area contributed by atoms with Gasteiger partial charge in [-0.2, -0.15) is 0 Å². The topological polar surface area (TPSA) is 84.2 Å². The van der Waals surface area contributed by atoms with Crippen molar-refractivity contribution in [3.63, 3.8) is 0 Å². The maximum atomic E-state index is 12.8. The summed E-state index contributed by atoms with van der Waals surface area (Å²) in [5.41, 5.74) is 0.657. The van der Waals surface area contributed by atoms with Gasteiger partial charge in [0.25, 0.3) is 11.5 Å². The van der Waals surface area contributed by atoms with Crippen LogP contribution in [0.5, 0.6) is 0 Å². The van der Waals surface area contributed by atoms with Gasteiger partial charge in [0, 0.05) is 36.8 Å². The van der Waals surface area contributed by atoms with Gasteiger partial charge in [0.05, 0.1) is 11.1 Å². The van der Waals surface area contributed by atoms with E-state index in [0.717, 1.165) is 17.8 Å². The van der Waals surface area contributed by atoms with Gasteiger partial charge in [-0.3, -0.25) is 9.59 Å². The number of hydrogen-bond donors (Lipinski definition) is 2. The lowest BCUT2D eigenvalue weighted by molar-refractivity contribution is 0.0947. The van der Waals surface area contributed by atoms with Crippen molar-refractivity contribution in [2.45, 2.75) is 51.2 Å². The summed E-state index contributed by atoms with van der Waals surface area (Å²) in [7, 11) is 0. The minimum absolute atomic E-state index is 0.0540. The number of amides is 1. The Kier molecular flexibility index (Phi) is 5.65. The molecule has 0 radical (unpaired) electrons. The van der Waals surface area contributed by atoms with Crippen molar-refractivity contribution in [1.82, 2.24) is 14.9 Å². The van der Waals surface area contributed by atoms with Crippen LogP contribution in [0, 0.1) is 6.92 Å². The molecular formula is C18H23N3O3S. The molecule has 1 aliphatic rings. The Balaban J connectivity index is 1.72. The fourth-order valence-electron chi connectivity index (χ4n) is 3.29. The van der Waals surface area contributed by atoms with E-state index in [1.807, 2.05) is 11.4 Å². The molecule has 2 aromatic heterocycles. The Morgan fingerprint density at radius 1 is 1.40 bits per heavy atom. The van der Waals surface area contributed by atoms with Crippen LogP contribution in [0.25, 0.3) is 0 Å². The fourth-order valence-corrected chi connectivity index (χ4v) is 3.91. The number of aryl methyl sites for hydroxylation is 1. The largest absolute Gasteiger partial charge is 0.393 e. The molecule has 1 saturated carbocycles. The van der Waals surface area contributed by atoms with E-state index in [2.05, 4.69) is 10.3 Å². The molecule has 7 heteroatoms. The van der Waals surface area contributed by atoms with Gasteiger partial charge in [-0.05, 0) is 44.2 Å². The normalized spacial score (nSPS) is 20.4. The molecule has 2 heterocycles. The summed E-state index contributed by atoms with van der Waals surface area (Å²) in [5.74, 6) is -0.329. The third kappa shape index (κ3) is 4.16. The molecule has 0 saturated heterocycles. The number of nitrogens with one attached hydrogen (secondary N) is 1. The van der Waals surface area contributed by atoms with Crippen LogP contribution in [0.1, 0.15) is 52.7 Å². The molecule has 0 atom stereocenters. The number of aliphatic hydroxyl groups is 1. The van der Waals surface area contributed by atoms with Crippen LogP contribution in [-0.2, 0) is 6.42 Å². The van der Waals surface area contributed by atoms with E-state index in [9.17, 15) is 14.7 Å². The number of carbonyl (C=O) groups is 1. The Bertz CT molecular complexity index is 777. The SMILES string of the molecule is Cc1ccn(C2CCC(O)CC2)c(=O)c1C(=O)NCCc1nccs1. The molecule has 134 valence electrons. The highest BCUT2D eigenvalue weighted by Crippen LogP contribution is 2.27. The lowest BCUT2D eigenvalue weighted by Crippen LogP contribution is -2.37. The first-order valence-electron chi connectivity index (χ1n) is 8.62. The number of rotatable bonds is 5. The van der Waals surface area contributed by atoms with Gasteiger partial charge in [-0.25, -0.2) is 4.98 Å². The highest BCUT2D eigenvalue weighted by Gasteiger charge is 2.24. The van der Waals surface area contributed by atoms with E-state index < -0.39 is 0 Å². The number of aromatic nitrogens is 2. The second-order valence-corrected chi connectivity index (χ2v) is 7.46. The molecule has 1 aliphatic carbocycles. The molecule has 0 bridgehead atoms. The number of carbonyl (C=O) groups excluding carboxylic acids is 1. The van der Waals surface area contributed by atoms with Crippen LogP contribution < -0.4 is 10.9 Å². The van der Waals surface area contributed by atoms with Crippen LogP contribution in [0.4, 0.5) is 0 Å². The van der Waals surface area contributed by atoms with E-state index >= 15 is 0 Å². The molecule has 1 fully saturated rings. The maximum Gasteiger partial charge on any atom is 0.263 e. The van der Waals surface area contributed by atoms with Crippen molar-refractivity contribution >= 4 is 17.2 Å². The maximum absolute atomic E-state index is 12.8. The van der Waals surface area contributed by atoms with Crippen molar-refractivity contribution in [3.8, 4) is 0 Å². The molecule has 0 unspecified atom stereocenters. The average Bonchev–Trinajstić information content (AvgIpc) is 3.09. The number of aliphatic hydroxyl groups excluding tert-OH is 1. The predicted molar refractivity (Wildman–Crippen MR) is 97.1 cm³/mol. The van der Waals surface area contributed by atoms with Crippen molar-refractivity contribution in [2.24, 2.45) is 0 Å². The molecular weight excluding hydrogens is 338 g/mol. The zero-order chi connectivity index (χ0) is 17.8. The molecule has 0 aromatic carbocycles. The molecule has 0 spiro atoms. The Hall–Kier alpha value is -1.99. The summed E-state index contributed by atoms with van der Waals surface area (Å²) < 4.78 is 1.66. The van der Waals surface area contributed by atoms with Crippen LogP contribution in [0.15, 0.2) is 28.6 Å². The van der Waals surface area contributed by atoms with Gasteiger partial charge in [-0.1, -0.05) is 0 Å². The Morgan fingerprint density at radius 3 is 2.84 bits per heavy atom. The lowest BCUT2D eigenvalue weighted by Gasteiger charge is -2.27. The summed E-state index contributed by atoms with van der Waals surface area (Å²) in [6.45, 7) is 2.24. The summed E-state index contributed by atoms with van der Waals surface area (Å²) in [6.07, 6.45) is 6.80. The molecule has 25 heavy (non-hydrogen) atoms. The van der Waals surface area contributed by atoms with Crippen molar-refractivity contribution < 1.29 is 9.90 Å². The molecule has 0 aliphatic heterocycles. The highest BCUT2D eigenvalue weighted by atomic mass is 32.1. The minimum Gasteiger partial charge on any atom is -0.393 e. The standard InChI is InChI=1S/C18H23N3O3S/c1-12-7-10-21(13-2-4-14(22)5-3-13)18(24)16(12)17(23)20-8-6-15-19-9-11-25-15/h7,9-11,13-14,22H,2-6,8H2,1H3,(H,20,23). The van der Waals surface area contributed by atoms with Gasteiger partial charge in [-0.15, -0.1) is 11.3 Å². The zero-order valence-corrected chi connectivity index (χ0v) is 15.1. The smallest absolute Gasteiger partial charge is 0.263 e. The summed E-state index contributed by atoms with van der Waals surface area (Å²) in [4.78, 5) is 29.5. The second-order valence-electron chi connectivity index (χ2n) is 6.48. The van der Waals surface area contributed by atoms with E-state index in [-0.39, 0.29) is 29.2 Å². The van der Waals surface area contributed by atoms with Crippen molar-refractivity contribution in [2.75, 3.05) is 6.54 Å². The third-order valence-corrected chi connectivity index (χ3v) is 5.56. The number of thiazole rings is 1. The first-order valence-corrected chi connectivity index (χ1v) is 9.50. The minimum atomic E-state index is -0.329. The summed E-state index contributed by atoms with van der Waals surface area (Å²) in [6, 6.07) is 1.88. The van der Waals surface area contributed by atoms with Gasteiger partial charge in [0.15, 0.2) is 0 Å². The third-order valence-electron chi connectivity index (χ3n) is 4.72. The van der Waals surface area contributed by atoms with Gasteiger partial charge in [0.1, 0.15) is 5.56 Å². The van der Waals surface area contributed by atoms with Crippen LogP contribution in [-0.4, -0.2) is 33.2 Å². The summed E-state index contributed by atoms with van der Waals surface area (Å²) >= 11 is 1.55. The van der Waals surface area contributed by atoms with Gasteiger partial charge in [0.2, 0.25) is 0 Å². The average molecular weight is 361 g/mol. The molecule has 6 nitrogen and oxygen atoms in total. The monoisotopic (exact) mass is 361 g/mol. The van der Waals surface area contributed by atoms with Gasteiger partial charge < -0.3 is 15.0 Å². The Morgan fingerprint density at radius 2 is 2.16 bits per heavy atom. The predicted octanol–water partition coefficient (Wildman–Crippen LogP) is 2.06. The van der Waals surface area contributed by atoms with Crippen molar-refractivity contribution in [3.05, 3.63) is 50.3 Å². The molecule has 3 rings (SSSR count). The van der Waals surface area contributed by atoms with E-state index in [0.29, 0.717) is 31.4 Å². The number of pyridine rings is 1. The van der Waals surface area contributed by atoms with Crippen LogP contribution in [0.2, 0.25) is 0 Å². The quantitative estimate of drug-likeness (QED) is 0.854. The van der Waals surface area contributed by atoms with Crippen LogP contribution in [0.3, 0.4) is 0 Å². The molecule has 2 aromatic rings. The van der Waals surface area contributed by atoms with E-state index in [1.165, 1.54) is 0 Å². The second kappa shape index (κ2) is 7.93. The number of nitrogens with zero attached hydrogens (tertiary/aromatic N) is 2. The molecule has 2 N–H and O–H groups in total. The number of hydrogen-bond acceptors (Lipinski definition) is 5. The lowest BCUT2D eigenvalue weighted by atomic mass is 9.92.